The molecular weight excluding hydrogens is 374 g/mol. The van der Waals surface area contributed by atoms with Crippen molar-refractivity contribution in [2.24, 2.45) is 0 Å². The number of rotatable bonds is 5. The van der Waals surface area contributed by atoms with Gasteiger partial charge in [0.25, 0.3) is 5.69 Å². The average Bonchev–Trinajstić information content (AvgIpc) is 2.60. The Morgan fingerprint density at radius 3 is 2.48 bits per heavy atom. The van der Waals surface area contributed by atoms with Gasteiger partial charge >= 0.3 is 15.7 Å². The smallest absolute Gasteiger partial charge is 0.346 e. The molecule has 0 aliphatic rings. The molecule has 0 radical (unpaired) electrons. The normalized spacial score (nSPS) is 11.7. The molecule has 0 aliphatic carbocycles. The molecule has 1 heterocycles. The molecular formula is C18H15NO7S. The number of nitro groups is 1. The molecule has 2 aromatic carbocycles. The van der Waals surface area contributed by atoms with Crippen LogP contribution in [0.4, 0.5) is 5.69 Å². The number of hydrogen-bond donors (Lipinski definition) is 0. The predicted octanol–water partition coefficient (Wildman–Crippen LogP) is 3.59. The molecule has 27 heavy (non-hydrogen) atoms. The van der Waals surface area contributed by atoms with Gasteiger partial charge in [0.1, 0.15) is 11.3 Å². The summed E-state index contributed by atoms with van der Waals surface area (Å²) in [7, 11) is -4.46. The molecule has 0 amide bonds. The van der Waals surface area contributed by atoms with Gasteiger partial charge in [0.15, 0.2) is 4.90 Å². The molecule has 140 valence electrons. The van der Waals surface area contributed by atoms with Crippen LogP contribution < -0.4 is 9.81 Å². The summed E-state index contributed by atoms with van der Waals surface area (Å²) in [4.78, 5) is 21.5. The maximum absolute atomic E-state index is 12.5. The first-order chi connectivity index (χ1) is 12.7. The molecule has 0 saturated heterocycles. The zero-order valence-electron chi connectivity index (χ0n) is 14.4. The van der Waals surface area contributed by atoms with Crippen molar-refractivity contribution >= 4 is 26.8 Å². The van der Waals surface area contributed by atoms with E-state index in [9.17, 15) is 23.3 Å². The lowest BCUT2D eigenvalue weighted by atomic mass is 10.00. The summed E-state index contributed by atoms with van der Waals surface area (Å²) >= 11 is 0. The molecule has 9 heteroatoms. The molecule has 0 atom stereocenters. The van der Waals surface area contributed by atoms with Crippen LogP contribution in [0.1, 0.15) is 25.3 Å². The van der Waals surface area contributed by atoms with Crippen LogP contribution in [-0.2, 0) is 10.1 Å². The van der Waals surface area contributed by atoms with E-state index in [4.69, 9.17) is 8.60 Å². The van der Waals surface area contributed by atoms with Crippen molar-refractivity contribution in [1.29, 1.82) is 0 Å². The van der Waals surface area contributed by atoms with Gasteiger partial charge in [0.05, 0.1) is 4.92 Å². The number of benzene rings is 2. The van der Waals surface area contributed by atoms with Gasteiger partial charge in [-0.2, -0.15) is 8.42 Å². The van der Waals surface area contributed by atoms with E-state index >= 15 is 0 Å². The first-order valence-corrected chi connectivity index (χ1v) is 9.35. The molecule has 3 rings (SSSR count). The summed E-state index contributed by atoms with van der Waals surface area (Å²) < 4.78 is 35.1. The second-order valence-corrected chi connectivity index (χ2v) is 7.61. The molecule has 0 N–H and O–H groups in total. The molecule has 3 aromatic rings. The number of nitro benzene ring substituents is 1. The zero-order chi connectivity index (χ0) is 19.8. The van der Waals surface area contributed by atoms with Crippen molar-refractivity contribution in [1.82, 2.24) is 0 Å². The highest BCUT2D eigenvalue weighted by molar-refractivity contribution is 7.87. The summed E-state index contributed by atoms with van der Waals surface area (Å²) in [5.74, 6) is -0.0659. The van der Waals surface area contributed by atoms with Crippen LogP contribution in [0, 0.1) is 10.1 Å². The van der Waals surface area contributed by atoms with Gasteiger partial charge in [-0.3, -0.25) is 10.1 Å². The Morgan fingerprint density at radius 2 is 1.81 bits per heavy atom. The number of hydrogen-bond acceptors (Lipinski definition) is 7. The van der Waals surface area contributed by atoms with Gasteiger partial charge < -0.3 is 8.60 Å². The van der Waals surface area contributed by atoms with Gasteiger partial charge in [0.2, 0.25) is 0 Å². The van der Waals surface area contributed by atoms with E-state index < -0.39 is 31.2 Å². The Kier molecular flexibility index (Phi) is 4.71. The van der Waals surface area contributed by atoms with Crippen LogP contribution in [0.5, 0.6) is 5.75 Å². The summed E-state index contributed by atoms with van der Waals surface area (Å²) in [6.45, 7) is 3.83. The maximum atomic E-state index is 12.5. The third-order valence-electron chi connectivity index (χ3n) is 3.91. The van der Waals surface area contributed by atoms with Gasteiger partial charge in [-0.1, -0.05) is 26.0 Å². The fourth-order valence-corrected chi connectivity index (χ4v) is 3.78. The first kappa shape index (κ1) is 18.6. The van der Waals surface area contributed by atoms with Crippen molar-refractivity contribution in [2.75, 3.05) is 0 Å². The average molecular weight is 389 g/mol. The Bertz CT molecular complexity index is 1200. The van der Waals surface area contributed by atoms with Gasteiger partial charge in [-0.15, -0.1) is 0 Å². The summed E-state index contributed by atoms with van der Waals surface area (Å²) in [5, 5.41) is 11.7. The van der Waals surface area contributed by atoms with Crippen LogP contribution in [-0.4, -0.2) is 13.3 Å². The quantitative estimate of drug-likeness (QED) is 0.283. The molecule has 0 aliphatic heterocycles. The summed E-state index contributed by atoms with van der Waals surface area (Å²) in [5.41, 5.74) is -0.229. The van der Waals surface area contributed by atoms with E-state index in [2.05, 4.69) is 0 Å². The van der Waals surface area contributed by atoms with E-state index in [1.165, 1.54) is 30.3 Å². The highest BCUT2D eigenvalue weighted by atomic mass is 32.2. The van der Waals surface area contributed by atoms with E-state index in [1.807, 2.05) is 13.8 Å². The fourth-order valence-electron chi connectivity index (χ4n) is 2.69. The third-order valence-corrected chi connectivity index (χ3v) is 5.20. The summed E-state index contributed by atoms with van der Waals surface area (Å²) in [6.07, 6.45) is 0. The predicted molar refractivity (Wildman–Crippen MR) is 97.5 cm³/mol. The molecule has 0 unspecified atom stereocenters. The van der Waals surface area contributed by atoms with Crippen LogP contribution in [0.3, 0.4) is 0 Å². The van der Waals surface area contributed by atoms with Gasteiger partial charge in [-0.05, 0) is 29.7 Å². The standard InChI is InChI=1S/C18H15NO7S/c1-11(2)14-10-18(20)25-16-9-12(7-8-13(14)16)26-27(23,24)17-6-4-3-5-15(17)19(21)22/h3-11H,1-2H3. The first-order valence-electron chi connectivity index (χ1n) is 7.95. The van der Waals surface area contributed by atoms with E-state index in [-0.39, 0.29) is 17.3 Å². The number of nitrogens with zero attached hydrogens (tertiary/aromatic N) is 1. The lowest BCUT2D eigenvalue weighted by Crippen LogP contribution is -2.12. The largest absolute Gasteiger partial charge is 0.423 e. The van der Waals surface area contributed by atoms with Crippen LogP contribution in [0.15, 0.2) is 62.6 Å². The molecule has 0 spiro atoms. The lowest BCUT2D eigenvalue weighted by Gasteiger charge is -2.11. The highest BCUT2D eigenvalue weighted by Gasteiger charge is 2.27. The Balaban J connectivity index is 2.07. The minimum absolute atomic E-state index is 0.0547. The number of para-hydroxylation sites is 1. The Hall–Kier alpha value is -3.20. The second kappa shape index (κ2) is 6.84. The van der Waals surface area contributed by atoms with Crippen LogP contribution in [0.2, 0.25) is 0 Å². The Morgan fingerprint density at radius 1 is 1.11 bits per heavy atom. The SMILES string of the molecule is CC(C)c1cc(=O)oc2cc(OS(=O)(=O)c3ccccc3[N+](=O)[O-])ccc12. The van der Waals surface area contributed by atoms with E-state index in [0.717, 1.165) is 17.7 Å². The highest BCUT2D eigenvalue weighted by Crippen LogP contribution is 2.30. The van der Waals surface area contributed by atoms with E-state index in [1.54, 1.807) is 6.07 Å². The molecule has 1 aromatic heterocycles. The Labute approximate surface area is 154 Å². The monoisotopic (exact) mass is 389 g/mol. The molecule has 0 saturated carbocycles. The van der Waals surface area contributed by atoms with Gasteiger partial charge in [0, 0.05) is 23.6 Å². The topological polar surface area (TPSA) is 117 Å². The van der Waals surface area contributed by atoms with Crippen LogP contribution >= 0.6 is 0 Å². The second-order valence-electron chi connectivity index (χ2n) is 6.10. The summed E-state index contributed by atoms with van der Waals surface area (Å²) in [6, 6.07) is 10.5. The maximum Gasteiger partial charge on any atom is 0.346 e. The minimum Gasteiger partial charge on any atom is -0.423 e. The van der Waals surface area contributed by atoms with Crippen LogP contribution in [0.25, 0.3) is 11.0 Å². The van der Waals surface area contributed by atoms with E-state index in [0.29, 0.717) is 5.39 Å². The third kappa shape index (κ3) is 3.68. The van der Waals surface area contributed by atoms with Crippen molar-refractivity contribution in [2.45, 2.75) is 24.7 Å². The molecule has 8 nitrogen and oxygen atoms in total. The molecule has 0 bridgehead atoms. The lowest BCUT2D eigenvalue weighted by molar-refractivity contribution is -0.387. The van der Waals surface area contributed by atoms with Crippen molar-refractivity contribution in [3.63, 3.8) is 0 Å². The van der Waals surface area contributed by atoms with Crippen molar-refractivity contribution < 1.29 is 21.9 Å². The zero-order valence-corrected chi connectivity index (χ0v) is 15.2. The van der Waals surface area contributed by atoms with Gasteiger partial charge in [-0.25, -0.2) is 4.79 Å². The minimum atomic E-state index is -4.46. The fraction of sp³-hybridized carbons (Fsp3) is 0.167. The van der Waals surface area contributed by atoms with Crippen molar-refractivity contribution in [3.8, 4) is 5.75 Å². The number of fused-ring (bicyclic) bond motifs is 1. The molecule has 0 fully saturated rings. The van der Waals surface area contributed by atoms with Crippen molar-refractivity contribution in [3.05, 3.63) is 74.6 Å².